The first-order valence-electron chi connectivity index (χ1n) is 5.53. The average molecular weight is 306 g/mol. The van der Waals surface area contributed by atoms with Gasteiger partial charge in [0.1, 0.15) is 6.61 Å². The van der Waals surface area contributed by atoms with Gasteiger partial charge in [-0.2, -0.15) is 0 Å². The smallest absolute Gasteiger partial charge is 0.326 e. The van der Waals surface area contributed by atoms with Crippen LogP contribution in [0.25, 0.3) is 0 Å². The molecular formula is C14H12BrNO2. The Bertz CT molecular complexity index is 502. The highest BCUT2D eigenvalue weighted by Gasteiger charge is 2.19. The average Bonchev–Trinajstić information content (AvgIpc) is 2.46. The maximum atomic E-state index is 11.8. The molecule has 2 aromatic rings. The molecule has 2 rings (SSSR count). The zero-order chi connectivity index (χ0) is 12.8. The van der Waals surface area contributed by atoms with E-state index in [9.17, 15) is 4.79 Å². The summed E-state index contributed by atoms with van der Waals surface area (Å²) in [5, 5.41) is 0. The van der Waals surface area contributed by atoms with Gasteiger partial charge in [-0.3, -0.25) is 9.78 Å². The first-order chi connectivity index (χ1) is 8.77. The number of halogens is 1. The minimum atomic E-state index is -0.526. The van der Waals surface area contributed by atoms with Crippen LogP contribution in [0.5, 0.6) is 0 Å². The predicted molar refractivity (Wildman–Crippen MR) is 72.1 cm³/mol. The van der Waals surface area contributed by atoms with Crippen LogP contribution in [0.15, 0.2) is 54.7 Å². The second-order valence-electron chi connectivity index (χ2n) is 3.71. The zero-order valence-corrected chi connectivity index (χ0v) is 11.2. The monoisotopic (exact) mass is 305 g/mol. The van der Waals surface area contributed by atoms with Crippen molar-refractivity contribution in [1.82, 2.24) is 4.98 Å². The fraction of sp³-hybridized carbons (Fsp3) is 0.143. The molecule has 0 aliphatic carbocycles. The summed E-state index contributed by atoms with van der Waals surface area (Å²) < 4.78 is 5.22. The standard InChI is InChI=1S/C14H12BrNO2/c15-13(12-8-4-5-9-16-12)14(17)18-10-11-6-2-1-3-7-11/h1-9,13H,10H2. The summed E-state index contributed by atoms with van der Waals surface area (Å²) in [5.41, 5.74) is 1.61. The molecule has 0 saturated carbocycles. The molecule has 92 valence electrons. The van der Waals surface area contributed by atoms with Gasteiger partial charge in [0.2, 0.25) is 0 Å². The van der Waals surface area contributed by atoms with E-state index < -0.39 is 4.83 Å². The van der Waals surface area contributed by atoms with E-state index in [0.717, 1.165) is 5.56 Å². The molecule has 4 heteroatoms. The molecule has 0 bridgehead atoms. The van der Waals surface area contributed by atoms with Gasteiger partial charge >= 0.3 is 5.97 Å². The van der Waals surface area contributed by atoms with Crippen LogP contribution in [0.1, 0.15) is 16.1 Å². The number of pyridine rings is 1. The Morgan fingerprint density at radius 2 is 1.89 bits per heavy atom. The number of hydrogen-bond acceptors (Lipinski definition) is 3. The number of rotatable bonds is 4. The molecule has 1 aromatic heterocycles. The van der Waals surface area contributed by atoms with Crippen molar-refractivity contribution < 1.29 is 9.53 Å². The third-order valence-corrected chi connectivity index (χ3v) is 3.22. The van der Waals surface area contributed by atoms with E-state index in [2.05, 4.69) is 20.9 Å². The van der Waals surface area contributed by atoms with Gasteiger partial charge < -0.3 is 4.74 Å². The molecule has 0 spiro atoms. The van der Waals surface area contributed by atoms with Gasteiger partial charge in [-0.25, -0.2) is 0 Å². The maximum absolute atomic E-state index is 11.8. The van der Waals surface area contributed by atoms with Gasteiger partial charge in [-0.05, 0) is 17.7 Å². The van der Waals surface area contributed by atoms with Gasteiger partial charge in [-0.15, -0.1) is 0 Å². The van der Waals surface area contributed by atoms with Crippen molar-refractivity contribution in [3.05, 3.63) is 66.0 Å². The topological polar surface area (TPSA) is 39.2 Å². The van der Waals surface area contributed by atoms with E-state index in [4.69, 9.17) is 4.74 Å². The van der Waals surface area contributed by atoms with E-state index in [1.807, 2.05) is 36.4 Å². The number of carbonyl (C=O) groups excluding carboxylic acids is 1. The van der Waals surface area contributed by atoms with E-state index >= 15 is 0 Å². The molecule has 0 aliphatic heterocycles. The van der Waals surface area contributed by atoms with Crippen molar-refractivity contribution in [2.75, 3.05) is 0 Å². The molecule has 0 saturated heterocycles. The number of esters is 1. The molecule has 0 aliphatic rings. The van der Waals surface area contributed by atoms with Crippen LogP contribution in [-0.2, 0) is 16.1 Å². The second kappa shape index (κ2) is 6.31. The van der Waals surface area contributed by atoms with E-state index in [1.54, 1.807) is 18.3 Å². The molecule has 1 aromatic carbocycles. The lowest BCUT2D eigenvalue weighted by Crippen LogP contribution is -2.11. The Labute approximate surface area is 114 Å². The molecule has 1 unspecified atom stereocenters. The summed E-state index contributed by atoms with van der Waals surface area (Å²) >= 11 is 3.29. The Kier molecular flexibility index (Phi) is 4.47. The van der Waals surface area contributed by atoms with Gasteiger partial charge in [-0.1, -0.05) is 52.3 Å². The third-order valence-electron chi connectivity index (χ3n) is 2.38. The van der Waals surface area contributed by atoms with Crippen molar-refractivity contribution in [3.63, 3.8) is 0 Å². The Morgan fingerprint density at radius 1 is 1.17 bits per heavy atom. The highest BCUT2D eigenvalue weighted by atomic mass is 79.9. The molecule has 3 nitrogen and oxygen atoms in total. The van der Waals surface area contributed by atoms with E-state index in [1.165, 1.54) is 0 Å². The SMILES string of the molecule is O=C(OCc1ccccc1)C(Br)c1ccccn1. The van der Waals surface area contributed by atoms with Crippen LogP contribution < -0.4 is 0 Å². The number of aromatic nitrogens is 1. The van der Waals surface area contributed by atoms with Crippen LogP contribution >= 0.6 is 15.9 Å². The third kappa shape index (κ3) is 3.40. The number of benzene rings is 1. The molecule has 1 heterocycles. The number of alkyl halides is 1. The molecule has 18 heavy (non-hydrogen) atoms. The molecular weight excluding hydrogens is 294 g/mol. The van der Waals surface area contributed by atoms with Crippen molar-refractivity contribution in [2.45, 2.75) is 11.4 Å². The lowest BCUT2D eigenvalue weighted by molar-refractivity contribution is -0.144. The van der Waals surface area contributed by atoms with Crippen LogP contribution in [0.3, 0.4) is 0 Å². The molecule has 0 radical (unpaired) electrons. The van der Waals surface area contributed by atoms with Crippen LogP contribution in [0.4, 0.5) is 0 Å². The Morgan fingerprint density at radius 3 is 2.56 bits per heavy atom. The van der Waals surface area contributed by atoms with Crippen molar-refractivity contribution in [1.29, 1.82) is 0 Å². The van der Waals surface area contributed by atoms with Crippen LogP contribution in [-0.4, -0.2) is 11.0 Å². The highest BCUT2D eigenvalue weighted by molar-refractivity contribution is 9.09. The summed E-state index contributed by atoms with van der Waals surface area (Å²) in [5.74, 6) is -0.336. The first kappa shape index (κ1) is 12.8. The Hall–Kier alpha value is -1.68. The summed E-state index contributed by atoms with van der Waals surface area (Å²) in [7, 11) is 0. The number of hydrogen-bond donors (Lipinski definition) is 0. The number of ether oxygens (including phenoxy) is 1. The highest BCUT2D eigenvalue weighted by Crippen LogP contribution is 2.22. The minimum absolute atomic E-state index is 0.272. The molecule has 0 amide bonds. The molecule has 1 atom stereocenters. The van der Waals surface area contributed by atoms with Gasteiger partial charge in [0.25, 0.3) is 0 Å². The first-order valence-corrected chi connectivity index (χ1v) is 6.44. The summed E-state index contributed by atoms with van der Waals surface area (Å²) in [6, 6.07) is 15.0. The second-order valence-corrected chi connectivity index (χ2v) is 4.63. The van der Waals surface area contributed by atoms with Crippen molar-refractivity contribution in [3.8, 4) is 0 Å². The lowest BCUT2D eigenvalue weighted by atomic mass is 10.2. The predicted octanol–water partition coefficient (Wildman–Crippen LogP) is 3.26. The Balaban J connectivity index is 1.93. The lowest BCUT2D eigenvalue weighted by Gasteiger charge is -2.09. The quantitative estimate of drug-likeness (QED) is 0.643. The molecule has 0 N–H and O–H groups in total. The summed E-state index contributed by atoms with van der Waals surface area (Å²) in [6.45, 7) is 0.272. The summed E-state index contributed by atoms with van der Waals surface area (Å²) in [4.78, 5) is 15.4. The van der Waals surface area contributed by atoms with E-state index in [-0.39, 0.29) is 12.6 Å². The van der Waals surface area contributed by atoms with Gasteiger partial charge in [0.15, 0.2) is 4.83 Å². The zero-order valence-electron chi connectivity index (χ0n) is 9.62. The normalized spacial score (nSPS) is 11.8. The summed E-state index contributed by atoms with van der Waals surface area (Å²) in [6.07, 6.45) is 1.65. The van der Waals surface area contributed by atoms with Gasteiger partial charge in [0.05, 0.1) is 5.69 Å². The van der Waals surface area contributed by atoms with E-state index in [0.29, 0.717) is 5.69 Å². The number of carbonyl (C=O) groups is 1. The van der Waals surface area contributed by atoms with Gasteiger partial charge in [0, 0.05) is 6.20 Å². The minimum Gasteiger partial charge on any atom is -0.460 e. The number of nitrogens with zero attached hydrogens (tertiary/aromatic N) is 1. The molecule has 0 fully saturated rings. The van der Waals surface area contributed by atoms with Crippen LogP contribution in [0.2, 0.25) is 0 Å². The fourth-order valence-electron chi connectivity index (χ4n) is 1.45. The maximum Gasteiger partial charge on any atom is 0.326 e. The van der Waals surface area contributed by atoms with Crippen LogP contribution in [0, 0.1) is 0 Å². The van der Waals surface area contributed by atoms with Crippen molar-refractivity contribution >= 4 is 21.9 Å². The van der Waals surface area contributed by atoms with Crippen molar-refractivity contribution in [2.24, 2.45) is 0 Å². The largest absolute Gasteiger partial charge is 0.460 e. The fourth-order valence-corrected chi connectivity index (χ4v) is 1.85.